The smallest absolute Gasteiger partial charge is 0.148 e. The van der Waals surface area contributed by atoms with E-state index in [1.165, 1.54) is 6.07 Å². The van der Waals surface area contributed by atoms with Gasteiger partial charge in [-0.05, 0) is 50.4 Å². The highest BCUT2D eigenvalue weighted by molar-refractivity contribution is 7.09. The van der Waals surface area contributed by atoms with Gasteiger partial charge in [-0.3, -0.25) is 4.90 Å². The quantitative estimate of drug-likeness (QED) is 0.416. The predicted molar refractivity (Wildman–Crippen MR) is 118 cm³/mol. The molecule has 0 saturated carbocycles. The van der Waals surface area contributed by atoms with Crippen molar-refractivity contribution in [2.45, 2.75) is 20.0 Å². The van der Waals surface area contributed by atoms with Gasteiger partial charge in [0.05, 0.1) is 23.5 Å². The zero-order valence-electron chi connectivity index (χ0n) is 17.2. The molecule has 2 aromatic heterocycles. The number of aryl methyl sites for hydroxylation is 1. The van der Waals surface area contributed by atoms with E-state index >= 15 is 0 Å². The van der Waals surface area contributed by atoms with Crippen LogP contribution < -0.4 is 4.74 Å². The lowest BCUT2D eigenvalue weighted by molar-refractivity contribution is 0.316. The molecule has 0 aliphatic carbocycles. The van der Waals surface area contributed by atoms with Gasteiger partial charge in [0, 0.05) is 35.8 Å². The molecule has 0 N–H and O–H groups in total. The first-order valence-corrected chi connectivity index (χ1v) is 10.5. The fraction of sp³-hybridized carbons (Fsp3) is 0.217. The molecule has 7 heteroatoms. The zero-order valence-corrected chi connectivity index (χ0v) is 18.0. The molecule has 5 nitrogen and oxygen atoms in total. The van der Waals surface area contributed by atoms with Crippen LogP contribution in [0.4, 0.5) is 4.39 Å². The number of benzene rings is 2. The van der Waals surface area contributed by atoms with E-state index in [9.17, 15) is 4.39 Å². The molecule has 0 amide bonds. The van der Waals surface area contributed by atoms with Crippen molar-refractivity contribution in [1.29, 1.82) is 0 Å². The van der Waals surface area contributed by atoms with Crippen LogP contribution in [-0.4, -0.2) is 33.8 Å². The maximum Gasteiger partial charge on any atom is 0.148 e. The van der Waals surface area contributed by atoms with E-state index in [1.54, 1.807) is 35.3 Å². The van der Waals surface area contributed by atoms with Crippen LogP contribution in [0.25, 0.3) is 16.9 Å². The molecule has 0 atom stereocenters. The van der Waals surface area contributed by atoms with Crippen LogP contribution in [0.1, 0.15) is 16.3 Å². The minimum atomic E-state index is -0.306. The molecule has 0 unspecified atom stereocenters. The number of halogens is 1. The van der Waals surface area contributed by atoms with Crippen LogP contribution in [0.15, 0.2) is 60.1 Å². The molecule has 0 bridgehead atoms. The fourth-order valence-corrected chi connectivity index (χ4v) is 3.99. The molecule has 154 valence electrons. The number of rotatable bonds is 7. The summed E-state index contributed by atoms with van der Waals surface area (Å²) in [5.74, 6) is 0.476. The van der Waals surface area contributed by atoms with Crippen molar-refractivity contribution in [2.24, 2.45) is 0 Å². The average Bonchev–Trinajstić information content (AvgIpc) is 3.34. The van der Waals surface area contributed by atoms with Crippen LogP contribution in [0, 0.1) is 12.7 Å². The van der Waals surface area contributed by atoms with Crippen LogP contribution in [0.3, 0.4) is 0 Å². The summed E-state index contributed by atoms with van der Waals surface area (Å²) in [5.41, 5.74) is 4.27. The molecule has 0 saturated heterocycles. The Bertz CT molecular complexity index is 1140. The van der Waals surface area contributed by atoms with Crippen LogP contribution >= 0.6 is 11.3 Å². The average molecular weight is 423 g/mol. The lowest BCUT2D eigenvalue weighted by Crippen LogP contribution is -2.17. The van der Waals surface area contributed by atoms with E-state index in [2.05, 4.69) is 15.3 Å². The van der Waals surface area contributed by atoms with Crippen molar-refractivity contribution in [3.05, 3.63) is 82.2 Å². The van der Waals surface area contributed by atoms with E-state index < -0.39 is 0 Å². The molecule has 0 spiro atoms. The van der Waals surface area contributed by atoms with Crippen molar-refractivity contribution in [1.82, 2.24) is 19.7 Å². The molecule has 0 aliphatic rings. The zero-order chi connectivity index (χ0) is 21.1. The summed E-state index contributed by atoms with van der Waals surface area (Å²) in [4.78, 5) is 6.73. The lowest BCUT2D eigenvalue weighted by atomic mass is 10.1. The van der Waals surface area contributed by atoms with Gasteiger partial charge in [-0.15, -0.1) is 11.3 Å². The number of hydrogen-bond donors (Lipinski definition) is 0. The van der Waals surface area contributed by atoms with E-state index in [4.69, 9.17) is 9.84 Å². The molecule has 0 radical (unpaired) electrons. The number of methoxy groups -OCH3 is 1. The minimum Gasteiger partial charge on any atom is -0.497 e. The summed E-state index contributed by atoms with van der Waals surface area (Å²) < 4.78 is 21.3. The van der Waals surface area contributed by atoms with E-state index in [0.717, 1.165) is 39.8 Å². The van der Waals surface area contributed by atoms with Gasteiger partial charge in [-0.25, -0.2) is 14.1 Å². The maximum atomic E-state index is 14.4. The SMILES string of the molecule is COc1ccc(-c2nn(-c3ccccc3F)cc2CN(C)Cc2csc(C)n2)cc1. The number of nitrogens with zero attached hydrogens (tertiary/aromatic N) is 4. The van der Waals surface area contributed by atoms with Crippen LogP contribution in [0.5, 0.6) is 5.75 Å². The molecular weight excluding hydrogens is 399 g/mol. The Morgan fingerprint density at radius 3 is 2.53 bits per heavy atom. The van der Waals surface area contributed by atoms with Crippen molar-refractivity contribution in [2.75, 3.05) is 14.2 Å². The van der Waals surface area contributed by atoms with Gasteiger partial charge >= 0.3 is 0 Å². The van der Waals surface area contributed by atoms with E-state index in [0.29, 0.717) is 12.2 Å². The first kappa shape index (κ1) is 20.3. The van der Waals surface area contributed by atoms with E-state index in [1.807, 2.05) is 50.5 Å². The first-order valence-electron chi connectivity index (χ1n) is 9.61. The highest BCUT2D eigenvalue weighted by Gasteiger charge is 2.16. The topological polar surface area (TPSA) is 43.2 Å². The molecular formula is C23H23FN4OS. The third kappa shape index (κ3) is 4.42. The Morgan fingerprint density at radius 1 is 1.10 bits per heavy atom. The summed E-state index contributed by atoms with van der Waals surface area (Å²) in [6.07, 6.45) is 1.90. The Labute approximate surface area is 179 Å². The van der Waals surface area contributed by atoms with Crippen molar-refractivity contribution < 1.29 is 9.13 Å². The van der Waals surface area contributed by atoms with Gasteiger partial charge in [0.2, 0.25) is 0 Å². The Balaban J connectivity index is 1.68. The Kier molecular flexibility index (Phi) is 5.92. The summed E-state index contributed by atoms with van der Waals surface area (Å²) >= 11 is 1.65. The second kappa shape index (κ2) is 8.77. The standard InChI is InChI=1S/C23H23FN4OS/c1-16-25-19(15-30-16)14-27(2)12-18-13-28(22-7-5-4-6-21(22)24)26-23(18)17-8-10-20(29-3)11-9-17/h4-11,13,15H,12,14H2,1-3H3. The number of hydrogen-bond acceptors (Lipinski definition) is 5. The number of para-hydroxylation sites is 1. The molecule has 2 aromatic carbocycles. The minimum absolute atomic E-state index is 0.306. The van der Waals surface area contributed by atoms with Gasteiger partial charge in [0.1, 0.15) is 17.3 Å². The Hall–Kier alpha value is -3.03. The van der Waals surface area contributed by atoms with Crippen molar-refractivity contribution >= 4 is 11.3 Å². The number of aromatic nitrogens is 3. The highest BCUT2D eigenvalue weighted by atomic mass is 32.1. The summed E-state index contributed by atoms with van der Waals surface area (Å²) in [5, 5.41) is 7.87. The van der Waals surface area contributed by atoms with E-state index in [-0.39, 0.29) is 5.82 Å². The summed E-state index contributed by atoms with van der Waals surface area (Å²) in [6.45, 7) is 3.40. The second-order valence-electron chi connectivity index (χ2n) is 7.16. The number of thiazole rings is 1. The first-order chi connectivity index (χ1) is 14.5. The predicted octanol–water partition coefficient (Wildman–Crippen LogP) is 5.08. The summed E-state index contributed by atoms with van der Waals surface area (Å²) in [6, 6.07) is 14.4. The fourth-order valence-electron chi connectivity index (χ4n) is 3.38. The third-order valence-electron chi connectivity index (χ3n) is 4.79. The summed E-state index contributed by atoms with van der Waals surface area (Å²) in [7, 11) is 3.69. The van der Waals surface area contributed by atoms with Gasteiger partial charge in [-0.2, -0.15) is 5.10 Å². The molecule has 4 aromatic rings. The van der Waals surface area contributed by atoms with Crippen LogP contribution in [-0.2, 0) is 13.1 Å². The molecule has 2 heterocycles. The molecule has 4 rings (SSSR count). The molecule has 30 heavy (non-hydrogen) atoms. The Morgan fingerprint density at radius 2 is 1.87 bits per heavy atom. The number of ether oxygens (including phenoxy) is 1. The highest BCUT2D eigenvalue weighted by Crippen LogP contribution is 2.27. The molecule has 0 fully saturated rings. The van der Waals surface area contributed by atoms with Gasteiger partial charge in [0.15, 0.2) is 0 Å². The second-order valence-corrected chi connectivity index (χ2v) is 8.22. The maximum absolute atomic E-state index is 14.4. The van der Waals surface area contributed by atoms with Gasteiger partial charge < -0.3 is 4.74 Å². The normalized spacial score (nSPS) is 11.2. The van der Waals surface area contributed by atoms with Gasteiger partial charge in [0.25, 0.3) is 0 Å². The molecule has 0 aliphatic heterocycles. The lowest BCUT2D eigenvalue weighted by Gasteiger charge is -2.15. The van der Waals surface area contributed by atoms with Gasteiger partial charge in [-0.1, -0.05) is 12.1 Å². The van der Waals surface area contributed by atoms with Crippen molar-refractivity contribution in [3.63, 3.8) is 0 Å². The van der Waals surface area contributed by atoms with Crippen molar-refractivity contribution in [3.8, 4) is 22.7 Å². The third-order valence-corrected chi connectivity index (χ3v) is 5.61. The largest absolute Gasteiger partial charge is 0.497 e. The monoisotopic (exact) mass is 422 g/mol. The van der Waals surface area contributed by atoms with Crippen LogP contribution in [0.2, 0.25) is 0 Å².